The molecule has 2 aromatic rings. The van der Waals surface area contributed by atoms with Gasteiger partial charge in [-0.1, -0.05) is 36.3 Å². The van der Waals surface area contributed by atoms with Crippen LogP contribution < -0.4 is 4.74 Å². The smallest absolute Gasteiger partial charge is 0.304 e. The number of benzene rings is 2. The van der Waals surface area contributed by atoms with E-state index in [1.165, 1.54) is 5.56 Å². The third kappa shape index (κ3) is 3.37. The summed E-state index contributed by atoms with van der Waals surface area (Å²) in [6, 6.07) is 14.2. The Bertz CT molecular complexity index is 779. The Balaban J connectivity index is 1.86. The van der Waals surface area contributed by atoms with Crippen LogP contribution in [0.3, 0.4) is 0 Å². The summed E-state index contributed by atoms with van der Waals surface area (Å²) in [5.41, 5.74) is 4.45. The van der Waals surface area contributed by atoms with Gasteiger partial charge in [0.25, 0.3) is 0 Å². The van der Waals surface area contributed by atoms with Gasteiger partial charge in [0.05, 0.1) is 18.9 Å². The van der Waals surface area contributed by atoms with Crippen molar-refractivity contribution >= 4 is 5.97 Å². The maximum Gasteiger partial charge on any atom is 0.304 e. The summed E-state index contributed by atoms with van der Waals surface area (Å²) < 4.78 is 5.53. The maximum absolute atomic E-state index is 11.0. The zero-order valence-corrected chi connectivity index (χ0v) is 13.0. The van der Waals surface area contributed by atoms with Crippen LogP contribution in [0.4, 0.5) is 0 Å². The Morgan fingerprint density at radius 3 is 2.65 bits per heavy atom. The molecule has 3 nitrogen and oxygen atoms in total. The molecule has 116 valence electrons. The Morgan fingerprint density at radius 2 is 1.96 bits per heavy atom. The van der Waals surface area contributed by atoms with E-state index in [4.69, 9.17) is 9.84 Å². The van der Waals surface area contributed by atoms with E-state index in [9.17, 15) is 4.79 Å². The summed E-state index contributed by atoms with van der Waals surface area (Å²) >= 11 is 0. The number of rotatable bonds is 4. The van der Waals surface area contributed by atoms with Gasteiger partial charge >= 0.3 is 5.97 Å². The number of aliphatic carboxylic acids is 1. The van der Waals surface area contributed by atoms with Gasteiger partial charge in [0.15, 0.2) is 0 Å². The quantitative estimate of drug-likeness (QED) is 0.872. The minimum atomic E-state index is -0.833. The second kappa shape index (κ2) is 6.58. The van der Waals surface area contributed by atoms with Crippen molar-refractivity contribution in [2.45, 2.75) is 25.7 Å². The fourth-order valence-electron chi connectivity index (χ4n) is 2.88. The van der Waals surface area contributed by atoms with Crippen LogP contribution in [0.1, 0.15) is 30.4 Å². The Kier molecular flexibility index (Phi) is 4.34. The molecule has 0 saturated heterocycles. The summed E-state index contributed by atoms with van der Waals surface area (Å²) in [5, 5.41) is 9.01. The maximum atomic E-state index is 11.0. The van der Waals surface area contributed by atoms with Crippen molar-refractivity contribution in [3.05, 3.63) is 53.6 Å². The molecule has 1 heterocycles. The van der Waals surface area contributed by atoms with Crippen molar-refractivity contribution in [1.82, 2.24) is 0 Å². The van der Waals surface area contributed by atoms with Crippen LogP contribution in [0, 0.1) is 11.8 Å². The normalized spacial score (nSPS) is 13.4. The van der Waals surface area contributed by atoms with Gasteiger partial charge in [-0.25, -0.2) is 0 Å². The highest BCUT2D eigenvalue weighted by Crippen LogP contribution is 2.31. The van der Waals surface area contributed by atoms with Gasteiger partial charge in [0, 0.05) is 6.42 Å². The lowest BCUT2D eigenvalue weighted by Gasteiger charge is -2.10. The molecule has 1 atom stereocenters. The van der Waals surface area contributed by atoms with E-state index in [1.807, 2.05) is 30.3 Å². The predicted molar refractivity (Wildman–Crippen MR) is 89.5 cm³/mol. The lowest BCUT2D eigenvalue weighted by Crippen LogP contribution is -2.04. The number of hydrogen-bond acceptors (Lipinski definition) is 2. The van der Waals surface area contributed by atoms with Crippen molar-refractivity contribution < 1.29 is 14.6 Å². The van der Waals surface area contributed by atoms with Crippen LogP contribution >= 0.6 is 0 Å². The fourth-order valence-corrected chi connectivity index (χ4v) is 2.88. The molecule has 1 unspecified atom stereocenters. The molecule has 1 N–H and O–H groups in total. The molecule has 0 saturated carbocycles. The Hall–Kier alpha value is -2.73. The topological polar surface area (TPSA) is 46.5 Å². The molecule has 0 fully saturated rings. The van der Waals surface area contributed by atoms with Crippen molar-refractivity contribution in [3.8, 4) is 28.7 Å². The van der Waals surface area contributed by atoms with E-state index in [0.29, 0.717) is 0 Å². The minimum Gasteiger partial charge on any atom is -0.493 e. The number of carbonyl (C=O) groups is 1. The number of hydrogen-bond donors (Lipinski definition) is 1. The van der Waals surface area contributed by atoms with E-state index in [1.54, 1.807) is 6.92 Å². The van der Waals surface area contributed by atoms with Gasteiger partial charge in [0.2, 0.25) is 0 Å². The van der Waals surface area contributed by atoms with Gasteiger partial charge in [-0.05, 0) is 41.3 Å². The van der Waals surface area contributed by atoms with E-state index in [0.717, 1.165) is 35.5 Å². The lowest BCUT2D eigenvalue weighted by molar-refractivity contribution is -0.137. The molecule has 2 aromatic carbocycles. The predicted octanol–water partition coefficient (Wildman–Crippen LogP) is 3.87. The summed E-state index contributed by atoms with van der Waals surface area (Å²) in [7, 11) is 0. The average Bonchev–Trinajstić information content (AvgIpc) is 3.02. The molecule has 1 aliphatic heterocycles. The van der Waals surface area contributed by atoms with Crippen molar-refractivity contribution in [2.24, 2.45) is 0 Å². The Morgan fingerprint density at radius 1 is 1.22 bits per heavy atom. The number of carboxylic acids is 1. The standard InChI is InChI=1S/C20H18O3/c1-2-3-16(13-20(21)22)14-4-6-15(7-5-14)17-8-9-19-18(12-17)10-11-23-19/h4-9,12,16H,10-11,13H2,1H3,(H,21,22). The third-order valence-electron chi connectivity index (χ3n) is 4.03. The van der Waals surface area contributed by atoms with E-state index in [2.05, 4.69) is 24.0 Å². The molecule has 0 spiro atoms. The van der Waals surface area contributed by atoms with Crippen LogP contribution in [0.2, 0.25) is 0 Å². The van der Waals surface area contributed by atoms with Crippen LogP contribution in [-0.2, 0) is 11.2 Å². The number of fused-ring (bicyclic) bond motifs is 1. The SMILES string of the molecule is CC#CC(CC(=O)O)c1ccc(-c2ccc3c(c2)CCO3)cc1. The van der Waals surface area contributed by atoms with Gasteiger partial charge in [0.1, 0.15) is 5.75 Å². The molecule has 1 aliphatic rings. The summed E-state index contributed by atoms with van der Waals surface area (Å²) in [6.45, 7) is 2.49. The summed E-state index contributed by atoms with van der Waals surface area (Å²) in [5.74, 6) is 5.68. The van der Waals surface area contributed by atoms with Gasteiger partial charge in [-0.3, -0.25) is 4.79 Å². The van der Waals surface area contributed by atoms with E-state index in [-0.39, 0.29) is 12.3 Å². The molecule has 23 heavy (non-hydrogen) atoms. The molecular formula is C20H18O3. The average molecular weight is 306 g/mol. The lowest BCUT2D eigenvalue weighted by atomic mass is 9.93. The molecule has 3 heteroatoms. The molecule has 0 bridgehead atoms. The number of carboxylic acid groups (broad SMARTS) is 1. The van der Waals surface area contributed by atoms with Gasteiger partial charge in [-0.2, -0.15) is 0 Å². The number of ether oxygens (including phenoxy) is 1. The van der Waals surface area contributed by atoms with E-state index >= 15 is 0 Å². The second-order valence-electron chi connectivity index (χ2n) is 5.59. The zero-order valence-electron chi connectivity index (χ0n) is 13.0. The first-order chi connectivity index (χ1) is 11.2. The van der Waals surface area contributed by atoms with Crippen molar-refractivity contribution in [2.75, 3.05) is 6.61 Å². The highest BCUT2D eigenvalue weighted by molar-refractivity contribution is 5.70. The first kappa shape index (κ1) is 15.2. The van der Waals surface area contributed by atoms with E-state index < -0.39 is 5.97 Å². The first-order valence-corrected chi connectivity index (χ1v) is 7.67. The third-order valence-corrected chi connectivity index (χ3v) is 4.03. The molecule has 0 amide bonds. The van der Waals surface area contributed by atoms with Crippen molar-refractivity contribution in [1.29, 1.82) is 0 Å². The molecule has 3 rings (SSSR count). The van der Waals surface area contributed by atoms with Crippen LogP contribution in [0.15, 0.2) is 42.5 Å². The summed E-state index contributed by atoms with van der Waals surface area (Å²) in [4.78, 5) is 11.0. The van der Waals surface area contributed by atoms with Gasteiger partial charge in [-0.15, -0.1) is 5.92 Å². The van der Waals surface area contributed by atoms with Crippen molar-refractivity contribution in [3.63, 3.8) is 0 Å². The minimum absolute atomic E-state index is 0.0242. The Labute approximate surface area is 135 Å². The summed E-state index contributed by atoms with van der Waals surface area (Å²) in [6.07, 6.45) is 0.977. The van der Waals surface area contributed by atoms with Crippen LogP contribution in [0.5, 0.6) is 5.75 Å². The zero-order chi connectivity index (χ0) is 16.2. The monoisotopic (exact) mass is 306 g/mol. The highest BCUT2D eigenvalue weighted by atomic mass is 16.5. The molecular weight excluding hydrogens is 288 g/mol. The fraction of sp³-hybridized carbons (Fsp3) is 0.250. The van der Waals surface area contributed by atoms with Crippen LogP contribution in [0.25, 0.3) is 11.1 Å². The van der Waals surface area contributed by atoms with Crippen LogP contribution in [-0.4, -0.2) is 17.7 Å². The van der Waals surface area contributed by atoms with Gasteiger partial charge < -0.3 is 9.84 Å². The highest BCUT2D eigenvalue weighted by Gasteiger charge is 2.15. The largest absolute Gasteiger partial charge is 0.493 e. The molecule has 0 aliphatic carbocycles. The first-order valence-electron chi connectivity index (χ1n) is 7.67. The molecule has 0 radical (unpaired) electrons. The molecule has 0 aromatic heterocycles. The second-order valence-corrected chi connectivity index (χ2v) is 5.59.